The van der Waals surface area contributed by atoms with Crippen molar-refractivity contribution >= 4 is 5.97 Å². The van der Waals surface area contributed by atoms with Crippen molar-refractivity contribution in [1.82, 2.24) is 0 Å². The predicted octanol–water partition coefficient (Wildman–Crippen LogP) is 2.28. The molecule has 0 amide bonds. The van der Waals surface area contributed by atoms with Gasteiger partial charge in [-0.15, -0.1) is 0 Å². The summed E-state index contributed by atoms with van der Waals surface area (Å²) in [5.41, 5.74) is 2.01. The van der Waals surface area contributed by atoms with E-state index in [9.17, 15) is 4.79 Å². The lowest BCUT2D eigenvalue weighted by Crippen LogP contribution is -2.13. The van der Waals surface area contributed by atoms with Crippen molar-refractivity contribution in [3.63, 3.8) is 0 Å². The van der Waals surface area contributed by atoms with Crippen molar-refractivity contribution in [3.8, 4) is 0 Å². The first-order chi connectivity index (χ1) is 8.58. The normalized spacial score (nSPS) is 14.2. The van der Waals surface area contributed by atoms with Gasteiger partial charge in [-0.2, -0.15) is 0 Å². The van der Waals surface area contributed by atoms with Crippen LogP contribution >= 0.6 is 0 Å². The van der Waals surface area contributed by atoms with Crippen LogP contribution in [0.2, 0.25) is 0 Å². The molecule has 0 radical (unpaired) electrons. The lowest BCUT2D eigenvalue weighted by atomic mass is 9.98. The van der Waals surface area contributed by atoms with Crippen molar-refractivity contribution in [2.45, 2.75) is 19.4 Å². The number of ether oxygens (including phenoxy) is 2. The van der Waals surface area contributed by atoms with Gasteiger partial charge in [0.25, 0.3) is 0 Å². The average Bonchev–Trinajstić information content (AvgIpc) is 2.36. The van der Waals surface area contributed by atoms with Crippen molar-refractivity contribution in [2.75, 3.05) is 20.8 Å². The quantitative estimate of drug-likeness (QED) is 0.809. The molecule has 0 heterocycles. The summed E-state index contributed by atoms with van der Waals surface area (Å²) < 4.78 is 10.4. The van der Waals surface area contributed by atoms with Gasteiger partial charge in [-0.25, -0.2) is 0 Å². The van der Waals surface area contributed by atoms with E-state index in [1.807, 2.05) is 24.3 Å². The van der Waals surface area contributed by atoms with Crippen LogP contribution in [0.5, 0.6) is 0 Å². The lowest BCUT2D eigenvalue weighted by molar-refractivity contribution is -0.141. The molecule has 0 aliphatic heterocycles. The van der Waals surface area contributed by atoms with Crippen molar-refractivity contribution in [3.05, 3.63) is 35.4 Å². The third kappa shape index (κ3) is 4.13. The van der Waals surface area contributed by atoms with Gasteiger partial charge in [0.1, 0.15) is 6.10 Å². The zero-order valence-corrected chi connectivity index (χ0v) is 11.1. The first-order valence-electron chi connectivity index (χ1n) is 5.91. The third-order valence-corrected chi connectivity index (χ3v) is 2.89. The van der Waals surface area contributed by atoms with E-state index in [0.29, 0.717) is 13.0 Å². The first-order valence-corrected chi connectivity index (χ1v) is 5.91. The molecule has 1 rings (SSSR count). The van der Waals surface area contributed by atoms with Crippen LogP contribution in [0.15, 0.2) is 24.3 Å². The highest BCUT2D eigenvalue weighted by atomic mass is 16.5. The van der Waals surface area contributed by atoms with Gasteiger partial charge >= 0.3 is 5.97 Å². The monoisotopic (exact) mass is 252 g/mol. The van der Waals surface area contributed by atoms with Crippen LogP contribution in [-0.2, 0) is 20.7 Å². The molecule has 4 heteroatoms. The Morgan fingerprint density at radius 1 is 1.39 bits per heavy atom. The number of methoxy groups -OCH3 is 2. The summed E-state index contributed by atoms with van der Waals surface area (Å²) in [6.07, 6.45) is 0.405. The van der Waals surface area contributed by atoms with E-state index in [4.69, 9.17) is 14.6 Å². The van der Waals surface area contributed by atoms with Gasteiger partial charge in [0.15, 0.2) is 0 Å². The third-order valence-electron chi connectivity index (χ3n) is 2.89. The molecule has 0 saturated carbocycles. The summed E-state index contributed by atoms with van der Waals surface area (Å²) in [6.45, 7) is 2.19. The van der Waals surface area contributed by atoms with E-state index < -0.39 is 5.97 Å². The Kier molecular flexibility index (Phi) is 5.82. The summed E-state index contributed by atoms with van der Waals surface area (Å²) in [4.78, 5) is 10.8. The van der Waals surface area contributed by atoms with Crippen molar-refractivity contribution in [2.24, 2.45) is 5.92 Å². The highest BCUT2D eigenvalue weighted by molar-refractivity contribution is 5.69. The van der Waals surface area contributed by atoms with Crippen LogP contribution in [0, 0.1) is 5.92 Å². The number of hydrogen-bond acceptors (Lipinski definition) is 3. The summed E-state index contributed by atoms with van der Waals surface area (Å²) in [5, 5.41) is 8.91. The minimum absolute atomic E-state index is 0.116. The van der Waals surface area contributed by atoms with Crippen LogP contribution in [0.1, 0.15) is 24.2 Å². The Morgan fingerprint density at radius 2 is 2.11 bits per heavy atom. The van der Waals surface area contributed by atoms with Crippen molar-refractivity contribution < 1.29 is 19.4 Å². The van der Waals surface area contributed by atoms with Gasteiger partial charge in [-0.3, -0.25) is 4.79 Å². The lowest BCUT2D eigenvalue weighted by Gasteiger charge is -2.16. The molecule has 1 aromatic rings. The van der Waals surface area contributed by atoms with Gasteiger partial charge < -0.3 is 14.6 Å². The highest BCUT2D eigenvalue weighted by Crippen LogP contribution is 2.19. The minimum atomic E-state index is -0.777. The SMILES string of the molecule is COCC(OC)c1cccc(CC(C)C(=O)O)c1. The van der Waals surface area contributed by atoms with Crippen LogP contribution in [0.4, 0.5) is 0 Å². The Morgan fingerprint density at radius 3 is 2.67 bits per heavy atom. The number of rotatable bonds is 7. The molecule has 1 N–H and O–H groups in total. The van der Waals surface area contributed by atoms with E-state index in [0.717, 1.165) is 11.1 Å². The Hall–Kier alpha value is -1.39. The van der Waals surface area contributed by atoms with Gasteiger partial charge in [0.05, 0.1) is 12.5 Å². The molecule has 0 bridgehead atoms. The van der Waals surface area contributed by atoms with E-state index in [1.165, 1.54) is 0 Å². The van der Waals surface area contributed by atoms with Gasteiger partial charge in [0.2, 0.25) is 0 Å². The molecule has 18 heavy (non-hydrogen) atoms. The predicted molar refractivity (Wildman–Crippen MR) is 68.6 cm³/mol. The largest absolute Gasteiger partial charge is 0.481 e. The topological polar surface area (TPSA) is 55.8 Å². The molecular formula is C14H20O4. The second-order valence-corrected chi connectivity index (χ2v) is 4.37. The summed E-state index contributed by atoms with van der Waals surface area (Å²) in [7, 11) is 3.26. The molecular weight excluding hydrogens is 232 g/mol. The number of benzene rings is 1. The van der Waals surface area contributed by atoms with Crippen LogP contribution in [-0.4, -0.2) is 31.9 Å². The summed E-state index contributed by atoms with van der Waals surface area (Å²) >= 11 is 0. The van der Waals surface area contributed by atoms with Crippen molar-refractivity contribution in [1.29, 1.82) is 0 Å². The molecule has 2 unspecified atom stereocenters. The molecule has 4 nitrogen and oxygen atoms in total. The van der Waals surface area contributed by atoms with Gasteiger partial charge in [0, 0.05) is 14.2 Å². The second kappa shape index (κ2) is 7.13. The first kappa shape index (κ1) is 14.7. The van der Waals surface area contributed by atoms with Crippen LogP contribution in [0.3, 0.4) is 0 Å². The fraction of sp³-hybridized carbons (Fsp3) is 0.500. The maximum Gasteiger partial charge on any atom is 0.306 e. The van der Waals surface area contributed by atoms with Gasteiger partial charge in [-0.1, -0.05) is 31.2 Å². The molecule has 2 atom stereocenters. The Bertz CT molecular complexity index is 389. The van der Waals surface area contributed by atoms with E-state index in [-0.39, 0.29) is 12.0 Å². The number of hydrogen-bond donors (Lipinski definition) is 1. The number of aliphatic carboxylic acids is 1. The van der Waals surface area contributed by atoms with Gasteiger partial charge in [-0.05, 0) is 17.5 Å². The minimum Gasteiger partial charge on any atom is -0.481 e. The number of carbonyl (C=O) groups is 1. The van der Waals surface area contributed by atoms with Crippen LogP contribution < -0.4 is 0 Å². The smallest absolute Gasteiger partial charge is 0.306 e. The number of carboxylic acid groups (broad SMARTS) is 1. The molecule has 0 aromatic heterocycles. The number of carboxylic acids is 1. The van der Waals surface area contributed by atoms with E-state index in [2.05, 4.69) is 0 Å². The standard InChI is InChI=1S/C14H20O4/c1-10(14(15)16)7-11-5-4-6-12(8-11)13(18-3)9-17-2/h4-6,8,10,13H,7,9H2,1-3H3,(H,15,16). The maximum absolute atomic E-state index is 10.8. The molecule has 0 saturated heterocycles. The Labute approximate surface area is 108 Å². The van der Waals surface area contributed by atoms with Crippen LogP contribution in [0.25, 0.3) is 0 Å². The zero-order chi connectivity index (χ0) is 13.5. The maximum atomic E-state index is 10.8. The highest BCUT2D eigenvalue weighted by Gasteiger charge is 2.14. The molecule has 1 aromatic carbocycles. The zero-order valence-electron chi connectivity index (χ0n) is 11.1. The second-order valence-electron chi connectivity index (χ2n) is 4.37. The van der Waals surface area contributed by atoms with E-state index in [1.54, 1.807) is 21.1 Å². The summed E-state index contributed by atoms with van der Waals surface area (Å²) in [6, 6.07) is 7.79. The average molecular weight is 252 g/mol. The van der Waals surface area contributed by atoms with E-state index >= 15 is 0 Å². The molecule has 0 fully saturated rings. The fourth-order valence-corrected chi connectivity index (χ4v) is 1.81. The Balaban J connectivity index is 2.81. The molecule has 0 aliphatic carbocycles. The fourth-order valence-electron chi connectivity index (χ4n) is 1.81. The molecule has 0 aliphatic rings. The summed E-state index contributed by atoms with van der Waals surface area (Å²) in [5.74, 6) is -1.16. The molecule has 0 spiro atoms. The molecule has 100 valence electrons.